The maximum Gasteiger partial charge on any atom is 0.126 e. The summed E-state index contributed by atoms with van der Waals surface area (Å²) >= 11 is 0. The van der Waals surface area contributed by atoms with Crippen molar-refractivity contribution in [2.45, 2.75) is 13.3 Å². The average Bonchev–Trinajstić information content (AvgIpc) is 2.25. The van der Waals surface area contributed by atoms with Crippen LogP contribution in [0.3, 0.4) is 0 Å². The van der Waals surface area contributed by atoms with Crippen LogP contribution in [0, 0.1) is 12.7 Å². The minimum atomic E-state index is -0.121. The number of aryl methyl sites for hydroxylation is 1. The Balaban J connectivity index is 2.28. The van der Waals surface area contributed by atoms with E-state index in [1.54, 1.807) is 6.07 Å². The zero-order valence-corrected chi connectivity index (χ0v) is 8.70. The summed E-state index contributed by atoms with van der Waals surface area (Å²) in [5.74, 6) is -0.121. The minimum absolute atomic E-state index is 0.121. The lowest BCUT2D eigenvalue weighted by molar-refractivity contribution is 0.613. The van der Waals surface area contributed by atoms with Gasteiger partial charge in [0.15, 0.2) is 0 Å². The molecule has 0 atom stereocenters. The predicted molar refractivity (Wildman–Crippen MR) is 60.4 cm³/mol. The Morgan fingerprint density at radius 3 is 2.47 bits per heavy atom. The van der Waals surface area contributed by atoms with Gasteiger partial charge in [0, 0.05) is 6.42 Å². The SMILES string of the molecule is Cc1ccc(F)c(Cc2ccccc2)c1. The molecule has 0 bridgehead atoms. The highest BCUT2D eigenvalue weighted by molar-refractivity contribution is 5.30. The van der Waals surface area contributed by atoms with Crippen LogP contribution >= 0.6 is 0 Å². The van der Waals surface area contributed by atoms with Crippen LogP contribution in [0.5, 0.6) is 0 Å². The topological polar surface area (TPSA) is 0 Å². The van der Waals surface area contributed by atoms with Crippen LogP contribution in [0.2, 0.25) is 0 Å². The fraction of sp³-hybridized carbons (Fsp3) is 0.143. The van der Waals surface area contributed by atoms with Gasteiger partial charge in [-0.05, 0) is 24.1 Å². The molecule has 0 spiro atoms. The normalized spacial score (nSPS) is 10.3. The molecule has 0 aliphatic carbocycles. The number of hydrogen-bond acceptors (Lipinski definition) is 0. The summed E-state index contributed by atoms with van der Waals surface area (Å²) in [6.45, 7) is 1.98. The lowest BCUT2D eigenvalue weighted by atomic mass is 10.0. The van der Waals surface area contributed by atoms with E-state index in [-0.39, 0.29) is 5.82 Å². The Labute approximate surface area is 89.4 Å². The van der Waals surface area contributed by atoms with Gasteiger partial charge in [0.05, 0.1) is 0 Å². The molecule has 15 heavy (non-hydrogen) atoms. The van der Waals surface area contributed by atoms with Gasteiger partial charge >= 0.3 is 0 Å². The average molecular weight is 200 g/mol. The fourth-order valence-corrected chi connectivity index (χ4v) is 1.65. The fourth-order valence-electron chi connectivity index (χ4n) is 1.65. The third-order valence-corrected chi connectivity index (χ3v) is 2.44. The molecule has 2 aromatic carbocycles. The Bertz CT molecular complexity index is 446. The summed E-state index contributed by atoms with van der Waals surface area (Å²) in [4.78, 5) is 0. The van der Waals surface area contributed by atoms with E-state index in [0.717, 1.165) is 16.7 Å². The third kappa shape index (κ3) is 2.44. The zero-order valence-electron chi connectivity index (χ0n) is 8.70. The van der Waals surface area contributed by atoms with Crippen LogP contribution in [-0.2, 0) is 6.42 Å². The van der Waals surface area contributed by atoms with Crippen molar-refractivity contribution in [2.75, 3.05) is 0 Å². The quantitative estimate of drug-likeness (QED) is 0.693. The number of halogens is 1. The summed E-state index contributed by atoms with van der Waals surface area (Å²) in [7, 11) is 0. The van der Waals surface area contributed by atoms with Gasteiger partial charge in [-0.1, -0.05) is 48.0 Å². The summed E-state index contributed by atoms with van der Waals surface area (Å²) in [6.07, 6.45) is 0.661. The van der Waals surface area contributed by atoms with Gasteiger partial charge in [-0.3, -0.25) is 0 Å². The van der Waals surface area contributed by atoms with Gasteiger partial charge in [0.1, 0.15) is 5.82 Å². The lowest BCUT2D eigenvalue weighted by Gasteiger charge is -2.04. The van der Waals surface area contributed by atoms with Gasteiger partial charge in [-0.25, -0.2) is 4.39 Å². The molecule has 0 unspecified atom stereocenters. The molecule has 0 N–H and O–H groups in total. The maximum atomic E-state index is 13.5. The summed E-state index contributed by atoms with van der Waals surface area (Å²) < 4.78 is 13.5. The molecule has 2 aromatic rings. The van der Waals surface area contributed by atoms with Crippen molar-refractivity contribution in [1.29, 1.82) is 0 Å². The van der Waals surface area contributed by atoms with Crippen LogP contribution in [-0.4, -0.2) is 0 Å². The Hall–Kier alpha value is -1.63. The molecular weight excluding hydrogens is 187 g/mol. The van der Waals surface area contributed by atoms with Crippen molar-refractivity contribution in [3.05, 3.63) is 71.0 Å². The van der Waals surface area contributed by atoms with E-state index >= 15 is 0 Å². The van der Waals surface area contributed by atoms with E-state index in [1.165, 1.54) is 6.07 Å². The summed E-state index contributed by atoms with van der Waals surface area (Å²) in [5, 5.41) is 0. The van der Waals surface area contributed by atoms with Crippen molar-refractivity contribution >= 4 is 0 Å². The molecule has 0 radical (unpaired) electrons. The molecule has 0 amide bonds. The molecule has 0 aromatic heterocycles. The predicted octanol–water partition coefficient (Wildman–Crippen LogP) is 3.72. The molecule has 0 fully saturated rings. The van der Waals surface area contributed by atoms with Crippen LogP contribution in [0.25, 0.3) is 0 Å². The maximum absolute atomic E-state index is 13.5. The second-order valence-corrected chi connectivity index (χ2v) is 3.76. The standard InChI is InChI=1S/C14H13F/c1-11-7-8-14(15)13(9-11)10-12-5-3-2-4-6-12/h2-9H,10H2,1H3. The van der Waals surface area contributed by atoms with Gasteiger partial charge in [0.2, 0.25) is 0 Å². The smallest absolute Gasteiger partial charge is 0.126 e. The second kappa shape index (κ2) is 4.26. The number of rotatable bonds is 2. The molecule has 1 heteroatoms. The zero-order chi connectivity index (χ0) is 10.7. The molecular formula is C14H13F. The van der Waals surface area contributed by atoms with Gasteiger partial charge in [-0.15, -0.1) is 0 Å². The van der Waals surface area contributed by atoms with Gasteiger partial charge < -0.3 is 0 Å². The number of benzene rings is 2. The van der Waals surface area contributed by atoms with Gasteiger partial charge in [0.25, 0.3) is 0 Å². The van der Waals surface area contributed by atoms with Crippen molar-refractivity contribution in [3.63, 3.8) is 0 Å². The Morgan fingerprint density at radius 1 is 1.00 bits per heavy atom. The van der Waals surface area contributed by atoms with E-state index in [0.29, 0.717) is 6.42 Å². The molecule has 0 aliphatic rings. The lowest BCUT2D eigenvalue weighted by Crippen LogP contribution is -1.93. The van der Waals surface area contributed by atoms with Crippen LogP contribution in [0.1, 0.15) is 16.7 Å². The summed E-state index contributed by atoms with van der Waals surface area (Å²) in [5.41, 5.74) is 3.01. The van der Waals surface area contributed by atoms with Crippen molar-refractivity contribution in [3.8, 4) is 0 Å². The van der Waals surface area contributed by atoms with Crippen molar-refractivity contribution < 1.29 is 4.39 Å². The third-order valence-electron chi connectivity index (χ3n) is 2.44. The molecule has 0 aliphatic heterocycles. The molecule has 0 heterocycles. The molecule has 76 valence electrons. The van der Waals surface area contributed by atoms with E-state index in [1.807, 2.05) is 43.3 Å². The van der Waals surface area contributed by atoms with Crippen molar-refractivity contribution in [2.24, 2.45) is 0 Å². The van der Waals surface area contributed by atoms with Crippen LogP contribution in [0.15, 0.2) is 48.5 Å². The van der Waals surface area contributed by atoms with E-state index in [2.05, 4.69) is 0 Å². The second-order valence-electron chi connectivity index (χ2n) is 3.76. The Kier molecular flexibility index (Phi) is 2.82. The largest absolute Gasteiger partial charge is 0.207 e. The van der Waals surface area contributed by atoms with E-state index in [4.69, 9.17) is 0 Å². The summed E-state index contributed by atoms with van der Waals surface area (Å²) in [6, 6.07) is 15.2. The molecule has 2 rings (SSSR count). The van der Waals surface area contributed by atoms with Crippen molar-refractivity contribution in [1.82, 2.24) is 0 Å². The van der Waals surface area contributed by atoms with E-state index in [9.17, 15) is 4.39 Å². The molecule has 0 nitrogen and oxygen atoms in total. The first-order valence-electron chi connectivity index (χ1n) is 5.04. The first-order chi connectivity index (χ1) is 7.25. The Morgan fingerprint density at radius 2 is 1.73 bits per heavy atom. The first kappa shape index (κ1) is 9.91. The van der Waals surface area contributed by atoms with Crippen LogP contribution < -0.4 is 0 Å². The number of hydrogen-bond donors (Lipinski definition) is 0. The first-order valence-corrected chi connectivity index (χ1v) is 5.04. The molecule has 0 saturated carbocycles. The monoisotopic (exact) mass is 200 g/mol. The highest BCUT2D eigenvalue weighted by Crippen LogP contribution is 2.14. The minimum Gasteiger partial charge on any atom is -0.207 e. The highest BCUT2D eigenvalue weighted by atomic mass is 19.1. The highest BCUT2D eigenvalue weighted by Gasteiger charge is 2.02. The van der Waals surface area contributed by atoms with Gasteiger partial charge in [-0.2, -0.15) is 0 Å². The molecule has 0 saturated heterocycles. The van der Waals surface area contributed by atoms with Crippen LogP contribution in [0.4, 0.5) is 4.39 Å². The van der Waals surface area contributed by atoms with E-state index < -0.39 is 0 Å².